The predicted molar refractivity (Wildman–Crippen MR) is 61.4 cm³/mol. The Morgan fingerprint density at radius 2 is 1.57 bits per heavy atom. The molecular formula is C12H22N2. The topological polar surface area (TPSA) is 30.9 Å². The van der Waals surface area contributed by atoms with Gasteiger partial charge in [-0.05, 0) is 45.4 Å². The van der Waals surface area contributed by atoms with Gasteiger partial charge in [0, 0.05) is 17.9 Å². The van der Waals surface area contributed by atoms with E-state index in [2.05, 4.69) is 30.5 Å². The van der Waals surface area contributed by atoms with Gasteiger partial charge in [-0.25, -0.2) is 0 Å². The summed E-state index contributed by atoms with van der Waals surface area (Å²) in [5.74, 6) is 0. The molecule has 0 bridgehead atoms. The van der Waals surface area contributed by atoms with E-state index in [1.807, 2.05) is 0 Å². The Labute approximate surface area is 87.1 Å². The van der Waals surface area contributed by atoms with Crippen LogP contribution in [0.3, 0.4) is 0 Å². The molecule has 2 heteroatoms. The fourth-order valence-electron chi connectivity index (χ4n) is 1.82. The number of aromatic nitrogens is 1. The second kappa shape index (κ2) is 5.86. The summed E-state index contributed by atoms with van der Waals surface area (Å²) in [6.07, 6.45) is 5.02. The maximum Gasteiger partial charge on any atom is 0.0224 e. The van der Waals surface area contributed by atoms with Crippen LogP contribution in [0.4, 0.5) is 0 Å². The summed E-state index contributed by atoms with van der Waals surface area (Å²) in [4.78, 5) is 0. The summed E-state index contributed by atoms with van der Waals surface area (Å²) in [5.41, 5.74) is 8.20. The van der Waals surface area contributed by atoms with Crippen LogP contribution in [0.5, 0.6) is 0 Å². The molecule has 0 atom stereocenters. The summed E-state index contributed by atoms with van der Waals surface area (Å²) >= 11 is 0. The van der Waals surface area contributed by atoms with Crippen molar-refractivity contribution in [3.8, 4) is 0 Å². The molecule has 2 N–H and O–H groups in total. The van der Waals surface area contributed by atoms with Crippen LogP contribution in [0, 0.1) is 13.8 Å². The second-order valence-corrected chi connectivity index (χ2v) is 3.97. The molecule has 14 heavy (non-hydrogen) atoms. The minimum absolute atomic E-state index is 0.835. The van der Waals surface area contributed by atoms with Crippen LogP contribution in [0.15, 0.2) is 12.1 Å². The zero-order chi connectivity index (χ0) is 10.4. The van der Waals surface area contributed by atoms with Crippen molar-refractivity contribution in [2.75, 3.05) is 6.54 Å². The highest BCUT2D eigenvalue weighted by molar-refractivity contribution is 5.13. The Bertz CT molecular complexity index is 244. The Balaban J connectivity index is 2.24. The molecule has 0 aliphatic carbocycles. The molecule has 0 aliphatic heterocycles. The highest BCUT2D eigenvalue weighted by atomic mass is 15.0. The number of rotatable bonds is 6. The lowest BCUT2D eigenvalue weighted by molar-refractivity contribution is 0.562. The lowest BCUT2D eigenvalue weighted by Gasteiger charge is -2.08. The lowest BCUT2D eigenvalue weighted by atomic mass is 10.2. The summed E-state index contributed by atoms with van der Waals surface area (Å²) in [7, 11) is 0. The Kier molecular flexibility index (Phi) is 4.74. The zero-order valence-electron chi connectivity index (χ0n) is 9.42. The molecule has 0 aliphatic rings. The quantitative estimate of drug-likeness (QED) is 0.693. The first kappa shape index (κ1) is 11.3. The zero-order valence-corrected chi connectivity index (χ0v) is 9.42. The van der Waals surface area contributed by atoms with Crippen molar-refractivity contribution in [2.24, 2.45) is 5.73 Å². The number of unbranched alkanes of at least 4 members (excludes halogenated alkanes) is 3. The molecule has 0 saturated heterocycles. The van der Waals surface area contributed by atoms with Gasteiger partial charge in [0.25, 0.3) is 0 Å². The number of aryl methyl sites for hydroxylation is 2. The Morgan fingerprint density at radius 1 is 1.00 bits per heavy atom. The van der Waals surface area contributed by atoms with Gasteiger partial charge in [0.2, 0.25) is 0 Å². The van der Waals surface area contributed by atoms with Gasteiger partial charge in [-0.1, -0.05) is 12.8 Å². The first-order valence-corrected chi connectivity index (χ1v) is 5.58. The molecule has 1 aromatic heterocycles. The van der Waals surface area contributed by atoms with E-state index in [-0.39, 0.29) is 0 Å². The van der Waals surface area contributed by atoms with Crippen molar-refractivity contribution in [2.45, 2.75) is 46.1 Å². The van der Waals surface area contributed by atoms with Crippen LogP contribution in [0.2, 0.25) is 0 Å². The minimum atomic E-state index is 0.835. The van der Waals surface area contributed by atoms with E-state index < -0.39 is 0 Å². The summed E-state index contributed by atoms with van der Waals surface area (Å²) in [6, 6.07) is 4.38. The molecule has 1 aromatic rings. The van der Waals surface area contributed by atoms with E-state index in [9.17, 15) is 0 Å². The molecule has 0 aromatic carbocycles. The monoisotopic (exact) mass is 194 g/mol. The fraction of sp³-hybridized carbons (Fsp3) is 0.667. The first-order valence-electron chi connectivity index (χ1n) is 5.58. The van der Waals surface area contributed by atoms with E-state index in [1.54, 1.807) is 0 Å². The minimum Gasteiger partial charge on any atom is -0.349 e. The van der Waals surface area contributed by atoms with Crippen LogP contribution in [-0.4, -0.2) is 11.1 Å². The average Bonchev–Trinajstić information content (AvgIpc) is 2.48. The van der Waals surface area contributed by atoms with Gasteiger partial charge in [0.1, 0.15) is 0 Å². The Morgan fingerprint density at radius 3 is 2.14 bits per heavy atom. The van der Waals surface area contributed by atoms with Gasteiger partial charge in [0.05, 0.1) is 0 Å². The smallest absolute Gasteiger partial charge is 0.0224 e. The van der Waals surface area contributed by atoms with Gasteiger partial charge in [0.15, 0.2) is 0 Å². The van der Waals surface area contributed by atoms with Crippen LogP contribution >= 0.6 is 0 Å². The van der Waals surface area contributed by atoms with Crippen LogP contribution in [0.25, 0.3) is 0 Å². The largest absolute Gasteiger partial charge is 0.349 e. The third kappa shape index (κ3) is 3.18. The summed E-state index contributed by atoms with van der Waals surface area (Å²) < 4.78 is 2.39. The van der Waals surface area contributed by atoms with E-state index in [0.29, 0.717) is 0 Å². The van der Waals surface area contributed by atoms with Crippen molar-refractivity contribution in [1.29, 1.82) is 0 Å². The fourth-order valence-corrected chi connectivity index (χ4v) is 1.82. The maximum atomic E-state index is 5.45. The molecule has 1 heterocycles. The summed E-state index contributed by atoms with van der Waals surface area (Å²) in [6.45, 7) is 6.34. The molecular weight excluding hydrogens is 172 g/mol. The molecule has 80 valence electrons. The molecule has 1 rings (SSSR count). The van der Waals surface area contributed by atoms with Crippen LogP contribution < -0.4 is 5.73 Å². The normalized spacial score (nSPS) is 10.8. The molecule has 0 spiro atoms. The number of nitrogens with zero attached hydrogens (tertiary/aromatic N) is 1. The second-order valence-electron chi connectivity index (χ2n) is 3.97. The van der Waals surface area contributed by atoms with Crippen molar-refractivity contribution >= 4 is 0 Å². The third-order valence-corrected chi connectivity index (χ3v) is 2.75. The summed E-state index contributed by atoms with van der Waals surface area (Å²) in [5, 5.41) is 0. The number of hydrogen-bond acceptors (Lipinski definition) is 1. The SMILES string of the molecule is Cc1ccc(C)n1CCCCCCN. The van der Waals surface area contributed by atoms with Gasteiger partial charge in [-0.15, -0.1) is 0 Å². The molecule has 2 nitrogen and oxygen atoms in total. The van der Waals surface area contributed by atoms with Gasteiger partial charge >= 0.3 is 0 Å². The first-order chi connectivity index (χ1) is 6.75. The van der Waals surface area contributed by atoms with E-state index >= 15 is 0 Å². The average molecular weight is 194 g/mol. The molecule has 0 saturated carbocycles. The van der Waals surface area contributed by atoms with Crippen LogP contribution in [0.1, 0.15) is 37.1 Å². The van der Waals surface area contributed by atoms with Crippen molar-refractivity contribution in [3.05, 3.63) is 23.5 Å². The van der Waals surface area contributed by atoms with E-state index in [1.165, 1.54) is 37.1 Å². The van der Waals surface area contributed by atoms with Gasteiger partial charge < -0.3 is 10.3 Å². The number of hydrogen-bond donors (Lipinski definition) is 1. The molecule has 0 unspecified atom stereocenters. The molecule has 0 fully saturated rings. The molecule has 0 radical (unpaired) electrons. The van der Waals surface area contributed by atoms with Crippen molar-refractivity contribution in [3.63, 3.8) is 0 Å². The van der Waals surface area contributed by atoms with Crippen molar-refractivity contribution < 1.29 is 0 Å². The highest BCUT2D eigenvalue weighted by Gasteiger charge is 1.99. The van der Waals surface area contributed by atoms with Crippen LogP contribution in [-0.2, 0) is 6.54 Å². The van der Waals surface area contributed by atoms with E-state index in [0.717, 1.165) is 13.1 Å². The Hall–Kier alpha value is -0.760. The lowest BCUT2D eigenvalue weighted by Crippen LogP contribution is -2.03. The van der Waals surface area contributed by atoms with Gasteiger partial charge in [-0.2, -0.15) is 0 Å². The number of nitrogens with two attached hydrogens (primary N) is 1. The maximum absolute atomic E-state index is 5.45. The standard InChI is InChI=1S/C12H22N2/c1-11-7-8-12(2)14(11)10-6-4-3-5-9-13/h7-8H,3-6,9-10,13H2,1-2H3. The highest BCUT2D eigenvalue weighted by Crippen LogP contribution is 2.09. The molecule has 0 amide bonds. The third-order valence-electron chi connectivity index (χ3n) is 2.75. The van der Waals surface area contributed by atoms with E-state index in [4.69, 9.17) is 5.73 Å². The van der Waals surface area contributed by atoms with Gasteiger partial charge in [-0.3, -0.25) is 0 Å². The van der Waals surface area contributed by atoms with Crippen molar-refractivity contribution in [1.82, 2.24) is 4.57 Å². The predicted octanol–water partition coefficient (Wildman–Crippen LogP) is 2.62.